The standard InChI is InChI=1S/C13H16BrNO2/c14-12-3-1-2-11(6-12)9-17-13(16)8-15-7-10-4-5-10/h1-3,6,10,15H,4-5,7-9H2. The molecule has 1 aliphatic carbocycles. The molecule has 2 rings (SSSR count). The molecule has 0 amide bonds. The van der Waals surface area contributed by atoms with Gasteiger partial charge in [0.05, 0.1) is 6.54 Å². The van der Waals surface area contributed by atoms with Crippen molar-refractivity contribution in [2.75, 3.05) is 13.1 Å². The average molecular weight is 298 g/mol. The fraction of sp³-hybridized carbons (Fsp3) is 0.462. The zero-order valence-corrected chi connectivity index (χ0v) is 11.2. The monoisotopic (exact) mass is 297 g/mol. The first-order chi connectivity index (χ1) is 8.24. The van der Waals surface area contributed by atoms with Crippen LogP contribution in [0, 0.1) is 5.92 Å². The number of ether oxygens (including phenoxy) is 1. The van der Waals surface area contributed by atoms with Gasteiger partial charge in [-0.25, -0.2) is 0 Å². The minimum atomic E-state index is -0.189. The highest BCUT2D eigenvalue weighted by Crippen LogP contribution is 2.27. The Hall–Kier alpha value is -0.870. The van der Waals surface area contributed by atoms with Crippen LogP contribution in [0.1, 0.15) is 18.4 Å². The lowest BCUT2D eigenvalue weighted by molar-refractivity contribution is -0.143. The van der Waals surface area contributed by atoms with Crippen LogP contribution < -0.4 is 5.32 Å². The van der Waals surface area contributed by atoms with Gasteiger partial charge in [-0.1, -0.05) is 28.1 Å². The Morgan fingerprint density at radius 1 is 1.47 bits per heavy atom. The van der Waals surface area contributed by atoms with Gasteiger partial charge in [-0.3, -0.25) is 4.79 Å². The summed E-state index contributed by atoms with van der Waals surface area (Å²) < 4.78 is 6.16. The van der Waals surface area contributed by atoms with Crippen molar-refractivity contribution < 1.29 is 9.53 Å². The van der Waals surface area contributed by atoms with Gasteiger partial charge in [0.25, 0.3) is 0 Å². The van der Waals surface area contributed by atoms with Crippen LogP contribution in [0.3, 0.4) is 0 Å². The summed E-state index contributed by atoms with van der Waals surface area (Å²) in [4.78, 5) is 11.4. The lowest BCUT2D eigenvalue weighted by Crippen LogP contribution is -2.26. The third kappa shape index (κ3) is 4.88. The number of esters is 1. The smallest absolute Gasteiger partial charge is 0.320 e. The Morgan fingerprint density at radius 2 is 2.29 bits per heavy atom. The predicted octanol–water partition coefficient (Wildman–Crippen LogP) is 2.49. The second-order valence-electron chi connectivity index (χ2n) is 4.36. The molecule has 0 spiro atoms. The minimum absolute atomic E-state index is 0.189. The van der Waals surface area contributed by atoms with Gasteiger partial charge in [0.15, 0.2) is 0 Å². The van der Waals surface area contributed by atoms with E-state index in [2.05, 4.69) is 21.2 Å². The summed E-state index contributed by atoms with van der Waals surface area (Å²) in [6.45, 7) is 1.58. The van der Waals surface area contributed by atoms with Crippen molar-refractivity contribution >= 4 is 21.9 Å². The van der Waals surface area contributed by atoms with E-state index in [0.29, 0.717) is 13.2 Å². The zero-order valence-electron chi connectivity index (χ0n) is 9.62. The summed E-state index contributed by atoms with van der Waals surface area (Å²) in [6, 6.07) is 7.77. The molecule has 17 heavy (non-hydrogen) atoms. The zero-order chi connectivity index (χ0) is 12.1. The maximum atomic E-state index is 11.4. The van der Waals surface area contributed by atoms with E-state index in [1.54, 1.807) is 0 Å². The number of benzene rings is 1. The molecule has 3 nitrogen and oxygen atoms in total. The fourth-order valence-electron chi connectivity index (χ4n) is 1.54. The van der Waals surface area contributed by atoms with Crippen LogP contribution in [-0.2, 0) is 16.1 Å². The van der Waals surface area contributed by atoms with Crippen LogP contribution >= 0.6 is 15.9 Å². The van der Waals surface area contributed by atoms with E-state index in [1.807, 2.05) is 24.3 Å². The second-order valence-corrected chi connectivity index (χ2v) is 5.28. The molecule has 0 aromatic heterocycles. The van der Waals surface area contributed by atoms with E-state index < -0.39 is 0 Å². The number of carbonyl (C=O) groups is 1. The molecule has 0 radical (unpaired) electrons. The Balaban J connectivity index is 1.64. The summed E-state index contributed by atoms with van der Waals surface area (Å²) in [5.74, 6) is 0.596. The molecule has 0 saturated heterocycles. The van der Waals surface area contributed by atoms with Crippen molar-refractivity contribution in [2.45, 2.75) is 19.4 Å². The van der Waals surface area contributed by atoms with E-state index in [0.717, 1.165) is 22.5 Å². The number of halogens is 1. The van der Waals surface area contributed by atoms with Crippen LogP contribution in [0.15, 0.2) is 28.7 Å². The average Bonchev–Trinajstić information content (AvgIpc) is 3.11. The lowest BCUT2D eigenvalue weighted by Gasteiger charge is -2.06. The van der Waals surface area contributed by atoms with Crippen LogP contribution in [0.4, 0.5) is 0 Å². The molecule has 1 saturated carbocycles. The quantitative estimate of drug-likeness (QED) is 0.820. The highest BCUT2D eigenvalue weighted by Gasteiger charge is 2.20. The molecular formula is C13H16BrNO2. The van der Waals surface area contributed by atoms with Crippen LogP contribution in [0.25, 0.3) is 0 Å². The van der Waals surface area contributed by atoms with Gasteiger partial charge in [0, 0.05) is 4.47 Å². The van der Waals surface area contributed by atoms with Crippen LogP contribution in [0.2, 0.25) is 0 Å². The Bertz CT molecular complexity index is 391. The van der Waals surface area contributed by atoms with Crippen LogP contribution in [0.5, 0.6) is 0 Å². The molecule has 0 heterocycles. The van der Waals surface area contributed by atoms with E-state index in [1.165, 1.54) is 12.8 Å². The molecule has 1 aromatic carbocycles. The summed E-state index contributed by atoms with van der Waals surface area (Å²) in [5.41, 5.74) is 0.995. The molecule has 0 bridgehead atoms. The first-order valence-corrected chi connectivity index (χ1v) is 6.64. The Kier molecular flexibility index (Phi) is 4.57. The van der Waals surface area contributed by atoms with Gasteiger partial charge >= 0.3 is 5.97 Å². The highest BCUT2D eigenvalue weighted by molar-refractivity contribution is 9.10. The molecule has 4 heteroatoms. The van der Waals surface area contributed by atoms with E-state index in [4.69, 9.17) is 4.74 Å². The Morgan fingerprint density at radius 3 is 3.00 bits per heavy atom. The molecule has 0 unspecified atom stereocenters. The number of carbonyl (C=O) groups excluding carboxylic acids is 1. The van der Waals surface area contributed by atoms with Gasteiger partial charge in [-0.15, -0.1) is 0 Å². The van der Waals surface area contributed by atoms with E-state index in [-0.39, 0.29) is 5.97 Å². The van der Waals surface area contributed by atoms with Gasteiger partial charge in [-0.2, -0.15) is 0 Å². The summed E-state index contributed by atoms with van der Waals surface area (Å²) in [6.07, 6.45) is 2.58. The van der Waals surface area contributed by atoms with E-state index >= 15 is 0 Å². The third-order valence-electron chi connectivity index (χ3n) is 2.69. The molecule has 92 valence electrons. The molecule has 0 atom stereocenters. The summed E-state index contributed by atoms with van der Waals surface area (Å²) in [5, 5.41) is 3.11. The first-order valence-electron chi connectivity index (χ1n) is 5.85. The van der Waals surface area contributed by atoms with Crippen molar-refractivity contribution in [2.24, 2.45) is 5.92 Å². The highest BCUT2D eigenvalue weighted by atomic mass is 79.9. The summed E-state index contributed by atoms with van der Waals surface area (Å²) >= 11 is 3.38. The third-order valence-corrected chi connectivity index (χ3v) is 3.18. The molecule has 1 aromatic rings. The number of nitrogens with one attached hydrogen (secondary N) is 1. The maximum absolute atomic E-state index is 11.4. The number of rotatable bonds is 6. The number of hydrogen-bond donors (Lipinski definition) is 1. The largest absolute Gasteiger partial charge is 0.460 e. The van der Waals surface area contributed by atoms with Gasteiger partial charge in [-0.05, 0) is 43.0 Å². The van der Waals surface area contributed by atoms with Crippen molar-refractivity contribution in [3.63, 3.8) is 0 Å². The van der Waals surface area contributed by atoms with Crippen molar-refractivity contribution in [3.05, 3.63) is 34.3 Å². The minimum Gasteiger partial charge on any atom is -0.460 e. The van der Waals surface area contributed by atoms with Crippen molar-refractivity contribution in [3.8, 4) is 0 Å². The van der Waals surface area contributed by atoms with Gasteiger partial charge in [0.2, 0.25) is 0 Å². The molecule has 0 aliphatic heterocycles. The maximum Gasteiger partial charge on any atom is 0.320 e. The lowest BCUT2D eigenvalue weighted by atomic mass is 10.2. The normalized spacial score (nSPS) is 14.6. The topological polar surface area (TPSA) is 38.3 Å². The fourth-order valence-corrected chi connectivity index (χ4v) is 1.99. The second kappa shape index (κ2) is 6.17. The molecule has 1 N–H and O–H groups in total. The number of hydrogen-bond acceptors (Lipinski definition) is 3. The van der Waals surface area contributed by atoms with E-state index in [9.17, 15) is 4.79 Å². The molecular weight excluding hydrogens is 282 g/mol. The summed E-state index contributed by atoms with van der Waals surface area (Å²) in [7, 11) is 0. The molecule has 1 aliphatic rings. The van der Waals surface area contributed by atoms with Gasteiger partial charge < -0.3 is 10.1 Å². The first kappa shape index (κ1) is 12.6. The van der Waals surface area contributed by atoms with Gasteiger partial charge in [0.1, 0.15) is 6.61 Å². The van der Waals surface area contributed by atoms with Crippen LogP contribution in [-0.4, -0.2) is 19.1 Å². The Labute approximate surface area is 110 Å². The van der Waals surface area contributed by atoms with Crippen molar-refractivity contribution in [1.29, 1.82) is 0 Å². The SMILES string of the molecule is O=C(CNCC1CC1)OCc1cccc(Br)c1. The van der Waals surface area contributed by atoms with Crippen molar-refractivity contribution in [1.82, 2.24) is 5.32 Å². The molecule has 1 fully saturated rings. The predicted molar refractivity (Wildman–Crippen MR) is 69.5 cm³/mol.